The summed E-state index contributed by atoms with van der Waals surface area (Å²) >= 11 is 0. The molecule has 0 spiro atoms. The van der Waals surface area contributed by atoms with Gasteiger partial charge in [0.25, 0.3) is 5.69 Å². The fraction of sp³-hybridized carbons (Fsp3) is 0.375. The van der Waals surface area contributed by atoms with Crippen molar-refractivity contribution >= 4 is 17.3 Å². The van der Waals surface area contributed by atoms with Crippen LogP contribution in [0.25, 0.3) is 0 Å². The normalized spacial score (nSPS) is 14.2. The number of nitro groups is 1. The Morgan fingerprint density at radius 1 is 1.32 bits per heavy atom. The van der Waals surface area contributed by atoms with E-state index in [1.54, 1.807) is 6.07 Å². The van der Waals surface area contributed by atoms with E-state index in [1.807, 2.05) is 6.07 Å². The van der Waals surface area contributed by atoms with Gasteiger partial charge in [0.2, 0.25) is 0 Å². The Kier molecular flexibility index (Phi) is 5.24. The Balaban J connectivity index is 1.73. The van der Waals surface area contributed by atoms with E-state index in [0.717, 1.165) is 18.9 Å². The van der Waals surface area contributed by atoms with E-state index in [0.29, 0.717) is 36.9 Å². The van der Waals surface area contributed by atoms with Crippen molar-refractivity contribution in [3.8, 4) is 5.75 Å². The van der Waals surface area contributed by atoms with Crippen LogP contribution in [0, 0.1) is 10.1 Å². The summed E-state index contributed by atoms with van der Waals surface area (Å²) in [5.41, 5.74) is 0.706. The summed E-state index contributed by atoms with van der Waals surface area (Å²) in [5.74, 6) is 2.05. The second-order valence-electron chi connectivity index (χ2n) is 5.47. The van der Waals surface area contributed by atoms with E-state index >= 15 is 0 Å². The Morgan fingerprint density at radius 3 is 2.84 bits per heavy atom. The molecule has 2 aromatic rings. The quantitative estimate of drug-likeness (QED) is 0.625. The molecule has 1 fully saturated rings. The number of ether oxygens (including phenoxy) is 2. The molecule has 9 heteroatoms. The molecule has 0 aliphatic carbocycles. The first-order valence-corrected chi connectivity index (χ1v) is 7.87. The minimum Gasteiger partial charge on any atom is -0.496 e. The molecule has 0 unspecified atom stereocenters. The number of aromatic nitrogens is 2. The van der Waals surface area contributed by atoms with Crippen LogP contribution in [0.4, 0.5) is 17.3 Å². The zero-order valence-corrected chi connectivity index (χ0v) is 13.8. The number of non-ortho nitro benzene ring substituents is 1. The summed E-state index contributed by atoms with van der Waals surface area (Å²) in [5, 5.41) is 14.1. The molecule has 132 valence electrons. The fourth-order valence-corrected chi connectivity index (χ4v) is 2.61. The van der Waals surface area contributed by atoms with Gasteiger partial charge in [-0.25, -0.2) is 9.97 Å². The maximum absolute atomic E-state index is 11.0. The van der Waals surface area contributed by atoms with Gasteiger partial charge < -0.3 is 19.7 Å². The fourth-order valence-electron chi connectivity index (χ4n) is 2.61. The van der Waals surface area contributed by atoms with Gasteiger partial charge in [-0.3, -0.25) is 10.1 Å². The van der Waals surface area contributed by atoms with E-state index in [9.17, 15) is 10.1 Å². The highest BCUT2D eigenvalue weighted by Gasteiger charge is 2.14. The summed E-state index contributed by atoms with van der Waals surface area (Å²) in [6.45, 7) is 3.28. The number of morpholine rings is 1. The summed E-state index contributed by atoms with van der Waals surface area (Å²) in [4.78, 5) is 21.2. The number of rotatable bonds is 6. The maximum atomic E-state index is 11.0. The summed E-state index contributed by atoms with van der Waals surface area (Å²) < 4.78 is 10.6. The van der Waals surface area contributed by atoms with Crippen molar-refractivity contribution < 1.29 is 14.4 Å². The number of methoxy groups -OCH3 is 1. The number of nitrogens with zero attached hydrogens (tertiary/aromatic N) is 4. The molecule has 0 bridgehead atoms. The number of anilines is 2. The smallest absolute Gasteiger partial charge is 0.270 e. The first-order chi connectivity index (χ1) is 12.2. The number of benzene rings is 1. The van der Waals surface area contributed by atoms with E-state index in [1.165, 1.54) is 25.6 Å². The van der Waals surface area contributed by atoms with E-state index in [2.05, 4.69) is 20.2 Å². The van der Waals surface area contributed by atoms with Crippen molar-refractivity contribution in [2.45, 2.75) is 6.54 Å². The average molecular weight is 345 g/mol. The van der Waals surface area contributed by atoms with Crippen LogP contribution in [0.15, 0.2) is 30.6 Å². The van der Waals surface area contributed by atoms with Crippen LogP contribution >= 0.6 is 0 Å². The molecular weight excluding hydrogens is 326 g/mol. The van der Waals surface area contributed by atoms with Crippen molar-refractivity contribution in [1.29, 1.82) is 0 Å². The highest BCUT2D eigenvalue weighted by molar-refractivity contribution is 5.50. The highest BCUT2D eigenvalue weighted by Crippen LogP contribution is 2.25. The Bertz CT molecular complexity index is 749. The van der Waals surface area contributed by atoms with Crippen molar-refractivity contribution in [1.82, 2.24) is 9.97 Å². The zero-order valence-electron chi connectivity index (χ0n) is 13.8. The number of nitro benzene ring substituents is 1. The lowest BCUT2D eigenvalue weighted by Crippen LogP contribution is -2.36. The molecule has 0 radical (unpaired) electrons. The molecule has 2 heterocycles. The van der Waals surface area contributed by atoms with Crippen LogP contribution in [-0.2, 0) is 11.3 Å². The van der Waals surface area contributed by atoms with Gasteiger partial charge in [0, 0.05) is 43.4 Å². The van der Waals surface area contributed by atoms with Crippen molar-refractivity contribution in [3.63, 3.8) is 0 Å². The predicted molar refractivity (Wildman–Crippen MR) is 92.0 cm³/mol. The van der Waals surface area contributed by atoms with Gasteiger partial charge in [-0.2, -0.15) is 0 Å². The molecule has 0 amide bonds. The number of hydrogen-bond donors (Lipinski definition) is 1. The molecule has 1 N–H and O–H groups in total. The first-order valence-electron chi connectivity index (χ1n) is 7.87. The van der Waals surface area contributed by atoms with Crippen LogP contribution < -0.4 is 15.0 Å². The van der Waals surface area contributed by atoms with Crippen LogP contribution in [0.2, 0.25) is 0 Å². The van der Waals surface area contributed by atoms with E-state index in [4.69, 9.17) is 9.47 Å². The van der Waals surface area contributed by atoms with Gasteiger partial charge in [-0.05, 0) is 6.07 Å². The molecule has 9 nitrogen and oxygen atoms in total. The number of nitrogens with one attached hydrogen (secondary N) is 1. The predicted octanol–water partition coefficient (Wildman–Crippen LogP) is 1.84. The number of hydrogen-bond acceptors (Lipinski definition) is 8. The van der Waals surface area contributed by atoms with Crippen molar-refractivity contribution in [2.75, 3.05) is 43.6 Å². The lowest BCUT2D eigenvalue weighted by atomic mass is 10.1. The average Bonchev–Trinajstić information content (AvgIpc) is 2.67. The van der Waals surface area contributed by atoms with Crippen LogP contribution in [0.5, 0.6) is 5.75 Å². The third-order valence-corrected chi connectivity index (χ3v) is 3.92. The summed E-state index contributed by atoms with van der Waals surface area (Å²) in [6.07, 6.45) is 1.50. The Hall–Kier alpha value is -2.94. The lowest BCUT2D eigenvalue weighted by molar-refractivity contribution is -0.384. The van der Waals surface area contributed by atoms with Gasteiger partial charge in [-0.15, -0.1) is 0 Å². The Morgan fingerprint density at radius 2 is 2.12 bits per heavy atom. The van der Waals surface area contributed by atoms with Gasteiger partial charge >= 0.3 is 0 Å². The molecule has 1 saturated heterocycles. The molecule has 25 heavy (non-hydrogen) atoms. The Labute approximate surface area is 144 Å². The van der Waals surface area contributed by atoms with Gasteiger partial charge in [0.15, 0.2) is 0 Å². The molecule has 1 aliphatic rings. The topological polar surface area (TPSA) is 103 Å². The van der Waals surface area contributed by atoms with Gasteiger partial charge in [0.05, 0.1) is 25.2 Å². The van der Waals surface area contributed by atoms with Crippen LogP contribution in [0.1, 0.15) is 5.56 Å². The van der Waals surface area contributed by atoms with Gasteiger partial charge in [-0.1, -0.05) is 0 Å². The molecule has 0 saturated carbocycles. The van der Waals surface area contributed by atoms with E-state index in [-0.39, 0.29) is 5.69 Å². The minimum absolute atomic E-state index is 0.0225. The molecular formula is C16H19N5O4. The summed E-state index contributed by atoms with van der Waals surface area (Å²) in [6, 6.07) is 6.36. The summed E-state index contributed by atoms with van der Waals surface area (Å²) in [7, 11) is 1.53. The van der Waals surface area contributed by atoms with Crippen molar-refractivity contribution in [3.05, 3.63) is 46.3 Å². The third-order valence-electron chi connectivity index (χ3n) is 3.92. The monoisotopic (exact) mass is 345 g/mol. The van der Waals surface area contributed by atoms with Crippen LogP contribution in [-0.4, -0.2) is 48.3 Å². The lowest BCUT2D eigenvalue weighted by Gasteiger charge is -2.27. The first kappa shape index (κ1) is 16.9. The standard InChI is InChI=1S/C16H19N5O4/c1-24-14-3-2-13(21(22)23)8-12(14)10-17-15-9-16(19-11-18-15)20-4-6-25-7-5-20/h2-3,8-9,11H,4-7,10H2,1H3,(H,17,18,19). The molecule has 1 aromatic heterocycles. The zero-order chi connectivity index (χ0) is 17.6. The molecule has 3 rings (SSSR count). The maximum Gasteiger partial charge on any atom is 0.270 e. The third kappa shape index (κ3) is 4.13. The second-order valence-corrected chi connectivity index (χ2v) is 5.47. The highest BCUT2D eigenvalue weighted by atomic mass is 16.6. The minimum atomic E-state index is -0.426. The second kappa shape index (κ2) is 7.75. The largest absolute Gasteiger partial charge is 0.496 e. The molecule has 0 atom stereocenters. The van der Waals surface area contributed by atoms with E-state index < -0.39 is 4.92 Å². The van der Waals surface area contributed by atoms with Crippen LogP contribution in [0.3, 0.4) is 0 Å². The molecule has 1 aliphatic heterocycles. The molecule has 1 aromatic carbocycles. The SMILES string of the molecule is COc1ccc([N+](=O)[O-])cc1CNc1cc(N2CCOCC2)ncn1. The van der Waals surface area contributed by atoms with Crippen molar-refractivity contribution in [2.24, 2.45) is 0 Å². The van der Waals surface area contributed by atoms with Gasteiger partial charge in [0.1, 0.15) is 23.7 Å².